The molecule has 2 amide bonds. The third-order valence-corrected chi connectivity index (χ3v) is 3.83. The molecule has 1 aliphatic heterocycles. The van der Waals surface area contributed by atoms with Gasteiger partial charge < -0.3 is 10.2 Å². The maximum absolute atomic E-state index is 12.6. The lowest BCUT2D eigenvalue weighted by Gasteiger charge is -2.38. The topological polar surface area (TPSA) is 67.2 Å². The van der Waals surface area contributed by atoms with Crippen LogP contribution in [0.4, 0.5) is 0 Å². The predicted octanol–water partition coefficient (Wildman–Crippen LogP) is 1.22. The molecule has 1 aromatic heterocycles. The number of carbonyl (C=O) groups is 2. The molecule has 2 atom stereocenters. The zero-order valence-electron chi connectivity index (χ0n) is 13.0. The summed E-state index contributed by atoms with van der Waals surface area (Å²) in [6, 6.07) is -0.747. The maximum atomic E-state index is 12.6. The molecule has 2 heterocycles. The van der Waals surface area contributed by atoms with Gasteiger partial charge in [0.25, 0.3) is 0 Å². The van der Waals surface area contributed by atoms with E-state index >= 15 is 0 Å². The van der Waals surface area contributed by atoms with E-state index in [-0.39, 0.29) is 23.9 Å². The molecule has 1 aliphatic rings. The molecule has 116 valence electrons. The standard InChI is InChI=1S/C15H24N4O2/c1-4-6-12-15(21)19(10-11-8-16-18(3)9-11)13(7-5-2)14(20)17-12/h8-9,12-13H,4-7,10H2,1-3H3,(H,17,20). The molecule has 0 aromatic carbocycles. The number of nitrogens with one attached hydrogen (secondary N) is 1. The van der Waals surface area contributed by atoms with Crippen LogP contribution in [0.1, 0.15) is 45.1 Å². The van der Waals surface area contributed by atoms with Gasteiger partial charge in [0.05, 0.1) is 6.20 Å². The molecule has 6 nitrogen and oxygen atoms in total. The van der Waals surface area contributed by atoms with Crippen LogP contribution in [0.15, 0.2) is 12.4 Å². The van der Waals surface area contributed by atoms with Crippen molar-refractivity contribution in [1.82, 2.24) is 20.0 Å². The van der Waals surface area contributed by atoms with E-state index in [9.17, 15) is 9.59 Å². The summed E-state index contributed by atoms with van der Waals surface area (Å²) < 4.78 is 1.71. The summed E-state index contributed by atoms with van der Waals surface area (Å²) in [5.74, 6) is -0.00227. The van der Waals surface area contributed by atoms with Crippen LogP contribution in [0.3, 0.4) is 0 Å². The average Bonchev–Trinajstić information content (AvgIpc) is 2.85. The van der Waals surface area contributed by atoms with Crippen molar-refractivity contribution < 1.29 is 9.59 Å². The lowest BCUT2D eigenvalue weighted by atomic mass is 10.00. The van der Waals surface area contributed by atoms with Gasteiger partial charge in [0.15, 0.2) is 0 Å². The molecule has 2 unspecified atom stereocenters. The second kappa shape index (κ2) is 6.74. The van der Waals surface area contributed by atoms with E-state index in [4.69, 9.17) is 0 Å². The Labute approximate surface area is 125 Å². The number of carbonyl (C=O) groups excluding carboxylic acids is 2. The van der Waals surface area contributed by atoms with Crippen molar-refractivity contribution >= 4 is 11.8 Å². The van der Waals surface area contributed by atoms with Crippen molar-refractivity contribution in [1.29, 1.82) is 0 Å². The van der Waals surface area contributed by atoms with E-state index in [0.29, 0.717) is 19.4 Å². The molecule has 1 fully saturated rings. The van der Waals surface area contributed by atoms with Crippen LogP contribution in [0.25, 0.3) is 0 Å². The molecular formula is C15H24N4O2. The Morgan fingerprint density at radius 3 is 2.52 bits per heavy atom. The molecule has 6 heteroatoms. The van der Waals surface area contributed by atoms with Crippen LogP contribution in [-0.2, 0) is 23.2 Å². The summed E-state index contributed by atoms with van der Waals surface area (Å²) in [7, 11) is 1.84. The van der Waals surface area contributed by atoms with E-state index in [0.717, 1.165) is 18.4 Å². The van der Waals surface area contributed by atoms with Crippen LogP contribution in [0, 0.1) is 0 Å². The first-order valence-electron chi connectivity index (χ1n) is 7.65. The molecular weight excluding hydrogens is 268 g/mol. The van der Waals surface area contributed by atoms with Crippen LogP contribution in [0.2, 0.25) is 0 Å². The predicted molar refractivity (Wildman–Crippen MR) is 79.3 cm³/mol. The number of piperazine rings is 1. The number of amides is 2. The Bertz CT molecular complexity index is 512. The van der Waals surface area contributed by atoms with E-state index in [1.54, 1.807) is 15.8 Å². The fraction of sp³-hybridized carbons (Fsp3) is 0.667. The minimum atomic E-state index is -0.382. The summed E-state index contributed by atoms with van der Waals surface area (Å²) >= 11 is 0. The normalized spacial score (nSPS) is 22.5. The van der Waals surface area contributed by atoms with Gasteiger partial charge in [-0.15, -0.1) is 0 Å². The number of rotatable bonds is 6. The van der Waals surface area contributed by atoms with Gasteiger partial charge in [-0.05, 0) is 12.8 Å². The number of nitrogens with zero attached hydrogens (tertiary/aromatic N) is 3. The van der Waals surface area contributed by atoms with Gasteiger partial charge in [-0.2, -0.15) is 5.10 Å². The lowest BCUT2D eigenvalue weighted by Crippen LogP contribution is -2.62. The third kappa shape index (κ3) is 3.43. The second-order valence-electron chi connectivity index (χ2n) is 5.64. The molecule has 1 aromatic rings. The van der Waals surface area contributed by atoms with Crippen molar-refractivity contribution in [3.8, 4) is 0 Å². The van der Waals surface area contributed by atoms with Crippen LogP contribution in [-0.4, -0.2) is 38.6 Å². The molecule has 0 saturated carbocycles. The average molecular weight is 292 g/mol. The quantitative estimate of drug-likeness (QED) is 0.857. The van der Waals surface area contributed by atoms with Gasteiger partial charge in [0.1, 0.15) is 12.1 Å². The number of hydrogen-bond acceptors (Lipinski definition) is 3. The first-order valence-corrected chi connectivity index (χ1v) is 7.65. The minimum Gasteiger partial charge on any atom is -0.343 e. The summed E-state index contributed by atoms with van der Waals surface area (Å²) in [4.78, 5) is 26.7. The molecule has 21 heavy (non-hydrogen) atoms. The monoisotopic (exact) mass is 292 g/mol. The number of aryl methyl sites for hydroxylation is 1. The SMILES string of the molecule is CCCC1NC(=O)C(CCC)N(Cc2cnn(C)c2)C1=O. The fourth-order valence-corrected chi connectivity index (χ4v) is 2.81. The van der Waals surface area contributed by atoms with Crippen molar-refractivity contribution in [2.45, 2.75) is 58.2 Å². The highest BCUT2D eigenvalue weighted by molar-refractivity contribution is 5.96. The molecule has 0 bridgehead atoms. The molecule has 0 aliphatic carbocycles. The van der Waals surface area contributed by atoms with Crippen molar-refractivity contribution in [3.05, 3.63) is 18.0 Å². The Morgan fingerprint density at radius 2 is 1.95 bits per heavy atom. The summed E-state index contributed by atoms with van der Waals surface area (Å²) in [5, 5.41) is 7.00. The Hall–Kier alpha value is -1.85. The fourth-order valence-electron chi connectivity index (χ4n) is 2.81. The molecule has 1 N–H and O–H groups in total. The van der Waals surface area contributed by atoms with Crippen LogP contribution >= 0.6 is 0 Å². The Kier molecular flexibility index (Phi) is 4.98. The highest BCUT2D eigenvalue weighted by Gasteiger charge is 2.39. The smallest absolute Gasteiger partial charge is 0.246 e. The molecule has 1 saturated heterocycles. The molecule has 0 radical (unpaired) electrons. The van der Waals surface area contributed by atoms with E-state index < -0.39 is 0 Å². The van der Waals surface area contributed by atoms with Gasteiger partial charge >= 0.3 is 0 Å². The molecule has 0 spiro atoms. The van der Waals surface area contributed by atoms with E-state index in [1.165, 1.54) is 0 Å². The summed E-state index contributed by atoms with van der Waals surface area (Å²) in [5.41, 5.74) is 0.955. The maximum Gasteiger partial charge on any atom is 0.246 e. The zero-order valence-corrected chi connectivity index (χ0v) is 13.0. The highest BCUT2D eigenvalue weighted by atomic mass is 16.2. The summed E-state index contributed by atoms with van der Waals surface area (Å²) in [6.07, 6.45) is 6.75. The first kappa shape index (κ1) is 15.5. The Morgan fingerprint density at radius 1 is 1.24 bits per heavy atom. The van der Waals surface area contributed by atoms with Crippen molar-refractivity contribution in [2.75, 3.05) is 0 Å². The van der Waals surface area contributed by atoms with Crippen molar-refractivity contribution in [2.24, 2.45) is 7.05 Å². The van der Waals surface area contributed by atoms with Crippen LogP contribution in [0.5, 0.6) is 0 Å². The summed E-state index contributed by atoms with van der Waals surface area (Å²) in [6.45, 7) is 4.49. The highest BCUT2D eigenvalue weighted by Crippen LogP contribution is 2.19. The van der Waals surface area contributed by atoms with Gasteiger partial charge in [0.2, 0.25) is 11.8 Å². The van der Waals surface area contributed by atoms with Gasteiger partial charge in [0, 0.05) is 25.4 Å². The first-order chi connectivity index (χ1) is 10.1. The number of aromatic nitrogens is 2. The minimum absolute atomic E-state index is 0.0266. The molecule has 2 rings (SSSR count). The number of hydrogen-bond donors (Lipinski definition) is 1. The van der Waals surface area contributed by atoms with Gasteiger partial charge in [-0.25, -0.2) is 0 Å². The van der Waals surface area contributed by atoms with Crippen LogP contribution < -0.4 is 5.32 Å². The van der Waals surface area contributed by atoms with Gasteiger partial charge in [-0.1, -0.05) is 26.7 Å². The van der Waals surface area contributed by atoms with E-state index in [1.807, 2.05) is 27.1 Å². The largest absolute Gasteiger partial charge is 0.343 e. The van der Waals surface area contributed by atoms with E-state index in [2.05, 4.69) is 10.4 Å². The Balaban J connectivity index is 2.20. The van der Waals surface area contributed by atoms with Crippen molar-refractivity contribution in [3.63, 3.8) is 0 Å². The zero-order chi connectivity index (χ0) is 15.4. The third-order valence-electron chi connectivity index (χ3n) is 3.83. The second-order valence-corrected chi connectivity index (χ2v) is 5.64. The lowest BCUT2D eigenvalue weighted by molar-refractivity contribution is -0.150. The van der Waals surface area contributed by atoms with Gasteiger partial charge in [-0.3, -0.25) is 14.3 Å².